The zero-order valence-electron chi connectivity index (χ0n) is 27.6. The van der Waals surface area contributed by atoms with Crippen molar-refractivity contribution in [1.82, 2.24) is 4.90 Å². The Morgan fingerprint density at radius 2 is 1.76 bits per heavy atom. The molecule has 2 aliphatic rings. The quantitative estimate of drug-likeness (QED) is 0.228. The maximum absolute atomic E-state index is 13.9. The molecule has 10 nitrogen and oxygen atoms in total. The molecule has 0 spiro atoms. The second-order valence-electron chi connectivity index (χ2n) is 13.3. The van der Waals surface area contributed by atoms with Crippen LogP contribution in [0.2, 0.25) is 0 Å². The van der Waals surface area contributed by atoms with Crippen LogP contribution in [0, 0.1) is 23.7 Å². The summed E-state index contributed by atoms with van der Waals surface area (Å²) >= 11 is 0. The smallest absolute Gasteiger partial charge is 0.316 e. The van der Waals surface area contributed by atoms with Crippen LogP contribution >= 0.6 is 0 Å². The van der Waals surface area contributed by atoms with Gasteiger partial charge < -0.3 is 39.2 Å². The molecule has 1 saturated heterocycles. The standard InChI is InChI=1S/C32H57NO9/c1-12-25-32(8,38)23(13-14-34)19(3)15-18(2)17-31(7,39-11)28(21(5)26(35)22(6)29(37)41-25)42-30-27(36)24(33(9)10)16-20(4)40-30/h15,18,20-25,27-28,30,34,36,38H,12-14,16-17H2,1-11H3/b19-15-/t18-,20+,21+,22?,23-,24-,25+,27+,28+,30-,31+,32-/m0/s1. The highest BCUT2D eigenvalue weighted by Crippen LogP contribution is 2.39. The van der Waals surface area contributed by atoms with Gasteiger partial charge in [0.2, 0.25) is 0 Å². The molecule has 1 unspecified atom stereocenters. The second-order valence-corrected chi connectivity index (χ2v) is 13.3. The Morgan fingerprint density at radius 3 is 2.29 bits per heavy atom. The fourth-order valence-electron chi connectivity index (χ4n) is 7.02. The number of hydrogen-bond donors (Lipinski definition) is 3. The molecule has 1 fully saturated rings. The lowest BCUT2D eigenvalue weighted by Crippen LogP contribution is -2.59. The molecule has 3 N–H and O–H groups in total. The fourth-order valence-corrected chi connectivity index (χ4v) is 7.02. The van der Waals surface area contributed by atoms with Crippen LogP contribution in [-0.4, -0.2) is 108 Å². The highest BCUT2D eigenvalue weighted by molar-refractivity contribution is 6.00. The molecule has 0 bridgehead atoms. The summed E-state index contributed by atoms with van der Waals surface area (Å²) in [4.78, 5) is 29.2. The van der Waals surface area contributed by atoms with Gasteiger partial charge in [-0.05, 0) is 80.3 Å². The minimum Gasteiger partial charge on any atom is -0.459 e. The fraction of sp³-hybridized carbons (Fsp3) is 0.875. The van der Waals surface area contributed by atoms with Crippen molar-refractivity contribution in [2.24, 2.45) is 23.7 Å². The first kappa shape index (κ1) is 36.8. The van der Waals surface area contributed by atoms with Crippen molar-refractivity contribution in [1.29, 1.82) is 0 Å². The molecule has 0 aromatic carbocycles. The number of aliphatic hydroxyl groups excluding tert-OH is 2. The highest BCUT2D eigenvalue weighted by Gasteiger charge is 2.49. The van der Waals surface area contributed by atoms with Crippen LogP contribution in [0.15, 0.2) is 11.6 Å². The van der Waals surface area contributed by atoms with Gasteiger partial charge in [0.15, 0.2) is 12.1 Å². The summed E-state index contributed by atoms with van der Waals surface area (Å²) in [6.45, 7) is 14.2. The van der Waals surface area contributed by atoms with Gasteiger partial charge >= 0.3 is 5.97 Å². The van der Waals surface area contributed by atoms with E-state index in [2.05, 4.69) is 0 Å². The Hall–Kier alpha value is -1.40. The molecular formula is C32H57NO9. The molecule has 12 atom stereocenters. The summed E-state index contributed by atoms with van der Waals surface area (Å²) in [5.74, 6) is -3.68. The van der Waals surface area contributed by atoms with Crippen molar-refractivity contribution in [3.63, 3.8) is 0 Å². The number of nitrogens with zero attached hydrogens (tertiary/aromatic N) is 1. The molecule has 0 amide bonds. The van der Waals surface area contributed by atoms with Gasteiger partial charge in [-0.1, -0.05) is 32.4 Å². The average Bonchev–Trinajstić information content (AvgIpc) is 2.92. The van der Waals surface area contributed by atoms with E-state index in [0.29, 0.717) is 19.3 Å². The normalized spacial score (nSPS) is 44.3. The Morgan fingerprint density at radius 1 is 1.14 bits per heavy atom. The molecule has 244 valence electrons. The lowest BCUT2D eigenvalue weighted by Gasteiger charge is -2.47. The van der Waals surface area contributed by atoms with Gasteiger partial charge in [-0.25, -0.2) is 0 Å². The van der Waals surface area contributed by atoms with Crippen molar-refractivity contribution in [3.05, 3.63) is 11.6 Å². The molecule has 0 saturated carbocycles. The van der Waals surface area contributed by atoms with E-state index < -0.39 is 65.3 Å². The Kier molecular flexibility index (Phi) is 13.2. The van der Waals surface area contributed by atoms with Gasteiger partial charge in [0.05, 0.1) is 17.8 Å². The molecule has 10 heteroatoms. The largest absolute Gasteiger partial charge is 0.459 e. The van der Waals surface area contributed by atoms with E-state index in [-0.39, 0.29) is 31.1 Å². The maximum Gasteiger partial charge on any atom is 0.316 e. The third-order valence-electron chi connectivity index (χ3n) is 9.54. The number of methoxy groups -OCH3 is 1. The van der Waals surface area contributed by atoms with Crippen molar-refractivity contribution < 1.29 is 43.9 Å². The molecule has 2 heterocycles. The van der Waals surface area contributed by atoms with Gasteiger partial charge in [0.1, 0.15) is 23.7 Å². The number of carbonyl (C=O) groups is 2. The second kappa shape index (κ2) is 15.1. The summed E-state index contributed by atoms with van der Waals surface area (Å²) in [6.07, 6.45) is -0.250. The number of rotatable bonds is 7. The highest BCUT2D eigenvalue weighted by atomic mass is 16.7. The van der Waals surface area contributed by atoms with Crippen LogP contribution in [0.1, 0.15) is 81.1 Å². The van der Waals surface area contributed by atoms with E-state index in [1.165, 1.54) is 6.92 Å². The summed E-state index contributed by atoms with van der Waals surface area (Å²) in [7, 11) is 5.35. The van der Waals surface area contributed by atoms with Crippen LogP contribution in [0.3, 0.4) is 0 Å². The number of ether oxygens (including phenoxy) is 4. The van der Waals surface area contributed by atoms with Gasteiger partial charge in [-0.15, -0.1) is 0 Å². The van der Waals surface area contributed by atoms with Crippen molar-refractivity contribution in [3.8, 4) is 0 Å². The molecule has 0 radical (unpaired) electrons. The van der Waals surface area contributed by atoms with Crippen LogP contribution in [-0.2, 0) is 28.5 Å². The number of Topliss-reactive ketones (excluding diaryl/α,β-unsaturated/α-hetero) is 1. The first-order valence-electron chi connectivity index (χ1n) is 15.4. The van der Waals surface area contributed by atoms with E-state index in [1.807, 2.05) is 59.7 Å². The number of esters is 1. The number of ketones is 1. The van der Waals surface area contributed by atoms with Gasteiger partial charge in [0.25, 0.3) is 0 Å². The molecule has 0 aliphatic carbocycles. The first-order chi connectivity index (χ1) is 19.4. The number of hydrogen-bond acceptors (Lipinski definition) is 10. The summed E-state index contributed by atoms with van der Waals surface area (Å²) < 4.78 is 24.5. The lowest BCUT2D eigenvalue weighted by molar-refractivity contribution is -0.295. The SMILES string of the molecule is CC[C@H]1OC(=O)C(C)C(=O)[C@@H](C)[C@@H](O[C@@H]2O[C@H](C)C[C@H](N(C)C)[C@H]2O)[C@](C)(OC)C[C@@H](C)/C=C(/C)[C@H](CCO)[C@]1(C)O. The molecule has 42 heavy (non-hydrogen) atoms. The van der Waals surface area contributed by atoms with Crippen LogP contribution in [0.5, 0.6) is 0 Å². The third kappa shape index (κ3) is 8.20. The first-order valence-corrected chi connectivity index (χ1v) is 15.4. The minimum atomic E-state index is -1.48. The van der Waals surface area contributed by atoms with E-state index in [1.54, 1.807) is 21.0 Å². The number of aliphatic hydroxyl groups is 3. The number of allylic oxidation sites excluding steroid dienone is 1. The summed E-state index contributed by atoms with van der Waals surface area (Å²) in [5, 5.41) is 32.8. The number of carbonyl (C=O) groups excluding carboxylic acids is 2. The third-order valence-corrected chi connectivity index (χ3v) is 9.54. The average molecular weight is 600 g/mol. The van der Waals surface area contributed by atoms with Crippen LogP contribution in [0.25, 0.3) is 0 Å². The predicted octanol–water partition coefficient (Wildman–Crippen LogP) is 3.10. The molecule has 2 aliphatic heterocycles. The van der Waals surface area contributed by atoms with E-state index in [0.717, 1.165) is 5.57 Å². The maximum atomic E-state index is 13.9. The Labute approximate surface area is 252 Å². The minimum absolute atomic E-state index is 0.0889. The zero-order valence-corrected chi connectivity index (χ0v) is 27.6. The molecule has 2 rings (SSSR count). The monoisotopic (exact) mass is 599 g/mol. The Bertz CT molecular complexity index is 937. The van der Waals surface area contributed by atoms with Crippen molar-refractivity contribution >= 4 is 11.8 Å². The predicted molar refractivity (Wildman–Crippen MR) is 160 cm³/mol. The summed E-state index contributed by atoms with van der Waals surface area (Å²) in [5.41, 5.74) is -1.65. The van der Waals surface area contributed by atoms with E-state index in [4.69, 9.17) is 18.9 Å². The van der Waals surface area contributed by atoms with E-state index >= 15 is 0 Å². The molecule has 0 aromatic heterocycles. The molecule has 0 aromatic rings. The van der Waals surface area contributed by atoms with Gasteiger partial charge in [-0.3, -0.25) is 9.59 Å². The van der Waals surface area contributed by atoms with E-state index in [9.17, 15) is 24.9 Å². The number of likely N-dealkylation sites (N-methyl/N-ethyl adjacent to an activating group) is 1. The Balaban J connectivity index is 2.65. The van der Waals surface area contributed by atoms with Crippen LogP contribution < -0.4 is 0 Å². The van der Waals surface area contributed by atoms with Gasteiger partial charge in [0, 0.05) is 31.6 Å². The topological polar surface area (TPSA) is 135 Å². The lowest BCUT2D eigenvalue weighted by atomic mass is 9.74. The molecular weight excluding hydrogens is 542 g/mol. The zero-order chi connectivity index (χ0) is 32.2. The van der Waals surface area contributed by atoms with Crippen molar-refractivity contribution in [2.45, 2.75) is 129 Å². The van der Waals surface area contributed by atoms with Crippen LogP contribution in [0.4, 0.5) is 0 Å². The van der Waals surface area contributed by atoms with Crippen molar-refractivity contribution in [2.75, 3.05) is 27.8 Å². The summed E-state index contributed by atoms with van der Waals surface area (Å²) in [6, 6.07) is -0.210. The number of cyclic esters (lactones) is 1. The van der Waals surface area contributed by atoms with Gasteiger partial charge in [-0.2, -0.15) is 0 Å².